The van der Waals surface area contributed by atoms with Crippen LogP contribution < -0.4 is 19.9 Å². The van der Waals surface area contributed by atoms with E-state index < -0.39 is 0 Å². The molecule has 0 bridgehead atoms. The van der Waals surface area contributed by atoms with Gasteiger partial charge in [0.2, 0.25) is 0 Å². The molecule has 2 atom stereocenters. The first-order valence-electron chi connectivity index (χ1n) is 7.48. The van der Waals surface area contributed by atoms with Gasteiger partial charge in [0, 0.05) is 35.6 Å². The van der Waals surface area contributed by atoms with Gasteiger partial charge in [-0.3, -0.25) is 5.10 Å². The minimum atomic E-state index is 0.114. The highest BCUT2D eigenvalue weighted by atomic mass is 16.5. The monoisotopic (exact) mass is 301 g/mol. The first-order valence-corrected chi connectivity index (χ1v) is 7.48. The van der Waals surface area contributed by atoms with Crippen LogP contribution in [0.25, 0.3) is 11.3 Å². The number of ether oxygens (including phenoxy) is 3. The van der Waals surface area contributed by atoms with Gasteiger partial charge in [-0.1, -0.05) is 0 Å². The minimum Gasteiger partial charge on any atom is -0.492 e. The van der Waals surface area contributed by atoms with Gasteiger partial charge in [-0.2, -0.15) is 5.10 Å². The molecule has 0 saturated heterocycles. The molecule has 4 rings (SSSR count). The van der Waals surface area contributed by atoms with Crippen molar-refractivity contribution >= 4 is 5.82 Å². The van der Waals surface area contributed by atoms with Gasteiger partial charge < -0.3 is 19.9 Å². The largest absolute Gasteiger partial charge is 0.492 e. The van der Waals surface area contributed by atoms with E-state index in [0.29, 0.717) is 5.82 Å². The van der Waals surface area contributed by atoms with Crippen molar-refractivity contribution in [3.63, 3.8) is 0 Å². The van der Waals surface area contributed by atoms with Crippen LogP contribution in [0.2, 0.25) is 0 Å². The van der Waals surface area contributed by atoms with Crippen molar-refractivity contribution in [2.45, 2.75) is 38.9 Å². The summed E-state index contributed by atoms with van der Waals surface area (Å²) < 4.78 is 17.7. The van der Waals surface area contributed by atoms with Crippen molar-refractivity contribution in [2.75, 3.05) is 12.8 Å². The summed E-state index contributed by atoms with van der Waals surface area (Å²) in [4.78, 5) is 0. The Morgan fingerprint density at radius 3 is 2.50 bits per heavy atom. The molecule has 22 heavy (non-hydrogen) atoms. The number of nitrogens with one attached hydrogen (secondary N) is 1. The summed E-state index contributed by atoms with van der Waals surface area (Å²) in [5, 5.41) is 7.05. The Kier molecular flexibility index (Phi) is 2.76. The van der Waals surface area contributed by atoms with Gasteiger partial charge in [0.1, 0.15) is 23.8 Å². The van der Waals surface area contributed by atoms with Gasteiger partial charge in [0.15, 0.2) is 11.5 Å². The third-order valence-electron chi connectivity index (χ3n) is 4.25. The highest BCUT2D eigenvalue weighted by molar-refractivity contribution is 5.82. The molecule has 6 nitrogen and oxygen atoms in total. The molecule has 2 unspecified atom stereocenters. The van der Waals surface area contributed by atoms with Gasteiger partial charge in [-0.25, -0.2) is 0 Å². The number of rotatable bonds is 2. The lowest BCUT2D eigenvalue weighted by Gasteiger charge is -2.16. The zero-order valence-electron chi connectivity index (χ0n) is 12.9. The van der Waals surface area contributed by atoms with Crippen LogP contribution in [0.4, 0.5) is 5.82 Å². The SMILES string of the molecule is COc1c2c(c(-c3cc(N)n[nH]3)c3c1OC(C)C3)OC(C)C2. The Morgan fingerprint density at radius 2 is 1.86 bits per heavy atom. The number of fused-ring (bicyclic) bond motifs is 2. The summed E-state index contributed by atoms with van der Waals surface area (Å²) in [6.07, 6.45) is 1.84. The summed E-state index contributed by atoms with van der Waals surface area (Å²) in [5.74, 6) is 2.96. The minimum absolute atomic E-state index is 0.114. The van der Waals surface area contributed by atoms with E-state index in [1.165, 1.54) is 0 Å². The predicted octanol–water partition coefficient (Wildman–Crippen LogP) is 2.31. The maximum Gasteiger partial charge on any atom is 0.168 e. The Labute approximate surface area is 128 Å². The van der Waals surface area contributed by atoms with Gasteiger partial charge >= 0.3 is 0 Å². The average Bonchev–Trinajstić information content (AvgIpc) is 3.14. The van der Waals surface area contributed by atoms with E-state index in [-0.39, 0.29) is 12.2 Å². The number of nitrogens with two attached hydrogens (primary N) is 1. The molecule has 0 amide bonds. The number of nitrogen functional groups attached to an aromatic ring is 1. The fourth-order valence-electron chi connectivity index (χ4n) is 3.44. The Bertz CT molecular complexity index is 714. The zero-order valence-corrected chi connectivity index (χ0v) is 12.9. The molecule has 0 spiro atoms. The normalized spacial score (nSPS) is 22.0. The summed E-state index contributed by atoms with van der Waals surface area (Å²) in [5.41, 5.74) is 9.80. The first-order chi connectivity index (χ1) is 10.6. The molecular weight excluding hydrogens is 282 g/mol. The topological polar surface area (TPSA) is 82.4 Å². The van der Waals surface area contributed by atoms with Crippen LogP contribution in [-0.2, 0) is 12.8 Å². The molecule has 3 N–H and O–H groups in total. The highest BCUT2D eigenvalue weighted by Gasteiger charge is 2.37. The lowest BCUT2D eigenvalue weighted by atomic mass is 9.95. The number of hydrogen-bond donors (Lipinski definition) is 2. The number of nitrogens with zero attached hydrogens (tertiary/aromatic N) is 1. The third-order valence-corrected chi connectivity index (χ3v) is 4.25. The summed E-state index contributed by atoms with van der Waals surface area (Å²) in [6.45, 7) is 4.11. The highest BCUT2D eigenvalue weighted by Crippen LogP contribution is 2.54. The molecular formula is C16H19N3O3. The number of aromatic amines is 1. The number of H-pyrrole nitrogens is 1. The van der Waals surface area contributed by atoms with E-state index in [1.807, 2.05) is 6.07 Å². The number of anilines is 1. The lowest BCUT2D eigenvalue weighted by molar-refractivity contribution is 0.242. The summed E-state index contributed by atoms with van der Waals surface area (Å²) in [6, 6.07) is 1.83. The fraction of sp³-hybridized carbons (Fsp3) is 0.438. The molecule has 3 heterocycles. The van der Waals surface area contributed by atoms with Crippen LogP contribution in [0, 0.1) is 0 Å². The van der Waals surface area contributed by atoms with E-state index in [9.17, 15) is 0 Å². The van der Waals surface area contributed by atoms with Crippen LogP contribution in [0.15, 0.2) is 6.07 Å². The standard InChI is InChI=1S/C16H19N3O3/c1-7-4-9-13(11-6-12(17)19-18-11)14-10(5-8(2)21-14)15(20-3)16(9)22-7/h6-8H,4-5H2,1-3H3,(H3,17,18,19). The molecule has 1 aromatic heterocycles. The van der Waals surface area contributed by atoms with Crippen LogP contribution in [0.3, 0.4) is 0 Å². The van der Waals surface area contributed by atoms with E-state index in [1.54, 1.807) is 7.11 Å². The average molecular weight is 301 g/mol. The summed E-state index contributed by atoms with van der Waals surface area (Å²) in [7, 11) is 1.68. The fourth-order valence-corrected chi connectivity index (χ4v) is 3.44. The molecule has 0 saturated carbocycles. The number of benzene rings is 1. The maximum absolute atomic E-state index is 6.08. The van der Waals surface area contributed by atoms with Crippen LogP contribution >= 0.6 is 0 Å². The quantitative estimate of drug-likeness (QED) is 0.889. The molecule has 2 aliphatic rings. The first kappa shape index (κ1) is 13.3. The lowest BCUT2D eigenvalue weighted by Crippen LogP contribution is -2.07. The van der Waals surface area contributed by atoms with Crippen molar-refractivity contribution in [3.8, 4) is 28.5 Å². The van der Waals surface area contributed by atoms with Crippen molar-refractivity contribution in [3.05, 3.63) is 17.2 Å². The van der Waals surface area contributed by atoms with E-state index in [2.05, 4.69) is 24.0 Å². The smallest absolute Gasteiger partial charge is 0.168 e. The molecule has 0 radical (unpaired) electrons. The van der Waals surface area contributed by atoms with Gasteiger partial charge in [-0.05, 0) is 13.8 Å². The van der Waals surface area contributed by atoms with Crippen molar-refractivity contribution in [1.82, 2.24) is 10.2 Å². The van der Waals surface area contributed by atoms with Crippen molar-refractivity contribution in [1.29, 1.82) is 0 Å². The zero-order chi connectivity index (χ0) is 15.4. The second-order valence-electron chi connectivity index (χ2n) is 6.00. The Morgan fingerprint density at radius 1 is 1.18 bits per heavy atom. The molecule has 116 valence electrons. The molecule has 2 aliphatic heterocycles. The van der Waals surface area contributed by atoms with Crippen LogP contribution in [-0.4, -0.2) is 29.5 Å². The predicted molar refractivity (Wildman–Crippen MR) is 82.6 cm³/mol. The Balaban J connectivity index is 2.02. The van der Waals surface area contributed by atoms with Gasteiger partial charge in [0.25, 0.3) is 0 Å². The number of methoxy groups -OCH3 is 1. The van der Waals surface area contributed by atoms with E-state index in [4.69, 9.17) is 19.9 Å². The van der Waals surface area contributed by atoms with Crippen LogP contribution in [0.1, 0.15) is 25.0 Å². The van der Waals surface area contributed by atoms with Crippen LogP contribution in [0.5, 0.6) is 17.2 Å². The van der Waals surface area contributed by atoms with Gasteiger partial charge in [0.05, 0.1) is 12.8 Å². The van der Waals surface area contributed by atoms with E-state index >= 15 is 0 Å². The Hall–Kier alpha value is -2.37. The molecule has 0 fully saturated rings. The van der Waals surface area contributed by atoms with Gasteiger partial charge in [-0.15, -0.1) is 0 Å². The van der Waals surface area contributed by atoms with Crippen molar-refractivity contribution < 1.29 is 14.2 Å². The molecule has 1 aromatic carbocycles. The molecule has 0 aliphatic carbocycles. The second kappa shape index (κ2) is 4.56. The summed E-state index contributed by atoms with van der Waals surface area (Å²) >= 11 is 0. The third kappa shape index (κ3) is 1.76. The molecule has 2 aromatic rings. The number of aromatic nitrogens is 2. The second-order valence-corrected chi connectivity index (χ2v) is 6.00. The van der Waals surface area contributed by atoms with Crippen molar-refractivity contribution in [2.24, 2.45) is 0 Å². The molecule has 6 heteroatoms. The number of hydrogen-bond acceptors (Lipinski definition) is 5. The van der Waals surface area contributed by atoms with E-state index in [0.717, 1.165) is 52.5 Å². The maximum atomic E-state index is 6.08.